The minimum absolute atomic E-state index is 0.493. The quantitative estimate of drug-likeness (QED) is 0.911. The average Bonchev–Trinajstić information content (AvgIpc) is 2.93. The van der Waals surface area contributed by atoms with Crippen LogP contribution in [0.1, 0.15) is 24.3 Å². The van der Waals surface area contributed by atoms with Gasteiger partial charge in [0.2, 0.25) is 11.7 Å². The summed E-state index contributed by atoms with van der Waals surface area (Å²) in [4.78, 5) is 4.47. The maximum absolute atomic E-state index is 6.34. The summed E-state index contributed by atoms with van der Waals surface area (Å²) in [5.41, 5.74) is 7.85. The van der Waals surface area contributed by atoms with Gasteiger partial charge in [0, 0.05) is 23.2 Å². The van der Waals surface area contributed by atoms with Crippen LogP contribution in [0, 0.1) is 6.92 Å². The van der Waals surface area contributed by atoms with E-state index in [0.717, 1.165) is 15.6 Å². The predicted molar refractivity (Wildman–Crippen MR) is 78.1 cm³/mol. The first-order chi connectivity index (χ1) is 9.58. The van der Waals surface area contributed by atoms with Crippen molar-refractivity contribution in [1.29, 1.82) is 0 Å². The molecule has 0 saturated carbocycles. The Kier molecular flexibility index (Phi) is 3.62. The zero-order valence-corrected chi connectivity index (χ0v) is 12.8. The molecule has 2 heterocycles. The van der Waals surface area contributed by atoms with Crippen molar-refractivity contribution < 1.29 is 9.26 Å². The Morgan fingerprint density at radius 1 is 1.30 bits per heavy atom. The summed E-state index contributed by atoms with van der Waals surface area (Å²) >= 11 is 3.51. The second kappa shape index (κ2) is 5.27. The van der Waals surface area contributed by atoms with E-state index < -0.39 is 5.54 Å². The number of hydrogen-bond donors (Lipinski definition) is 1. The lowest BCUT2D eigenvalue weighted by molar-refractivity contribution is 0.0400. The normalized spacial score (nSPS) is 18.1. The van der Waals surface area contributed by atoms with Crippen molar-refractivity contribution in [3.05, 3.63) is 34.1 Å². The van der Waals surface area contributed by atoms with Crippen molar-refractivity contribution in [3.8, 4) is 11.4 Å². The van der Waals surface area contributed by atoms with Gasteiger partial charge in [0.25, 0.3) is 0 Å². The van der Waals surface area contributed by atoms with E-state index in [9.17, 15) is 0 Å². The molecule has 5 nitrogen and oxygen atoms in total. The molecule has 20 heavy (non-hydrogen) atoms. The number of nitrogens with two attached hydrogens (primary N) is 1. The molecule has 1 saturated heterocycles. The van der Waals surface area contributed by atoms with E-state index in [-0.39, 0.29) is 0 Å². The first-order valence-electron chi connectivity index (χ1n) is 6.56. The first-order valence-corrected chi connectivity index (χ1v) is 7.35. The first kappa shape index (κ1) is 13.7. The van der Waals surface area contributed by atoms with Gasteiger partial charge in [-0.05, 0) is 31.4 Å². The molecule has 6 heteroatoms. The highest BCUT2D eigenvalue weighted by molar-refractivity contribution is 9.10. The third-order valence-corrected chi connectivity index (χ3v) is 4.52. The van der Waals surface area contributed by atoms with Crippen LogP contribution < -0.4 is 5.73 Å². The number of ether oxygens (including phenoxy) is 1. The van der Waals surface area contributed by atoms with Crippen LogP contribution in [0.15, 0.2) is 27.2 Å². The minimum Gasteiger partial charge on any atom is -0.381 e. The number of aromatic nitrogens is 2. The summed E-state index contributed by atoms with van der Waals surface area (Å²) in [6.45, 7) is 3.29. The second-order valence-electron chi connectivity index (χ2n) is 5.16. The molecule has 0 spiro atoms. The van der Waals surface area contributed by atoms with Gasteiger partial charge in [-0.25, -0.2) is 0 Å². The zero-order valence-electron chi connectivity index (χ0n) is 11.2. The summed E-state index contributed by atoms with van der Waals surface area (Å²) in [5, 5.41) is 4.05. The zero-order chi connectivity index (χ0) is 14.2. The molecule has 1 aromatic heterocycles. The highest BCUT2D eigenvalue weighted by Gasteiger charge is 2.35. The van der Waals surface area contributed by atoms with E-state index in [4.69, 9.17) is 15.0 Å². The Morgan fingerprint density at radius 3 is 2.75 bits per heavy atom. The molecule has 0 bridgehead atoms. The molecular formula is C14H16BrN3O2. The molecule has 1 aromatic carbocycles. The van der Waals surface area contributed by atoms with Crippen LogP contribution >= 0.6 is 15.9 Å². The number of aryl methyl sites for hydroxylation is 1. The lowest BCUT2D eigenvalue weighted by Crippen LogP contribution is -2.42. The van der Waals surface area contributed by atoms with Crippen LogP contribution in [0.5, 0.6) is 0 Å². The van der Waals surface area contributed by atoms with Crippen LogP contribution in [-0.4, -0.2) is 23.4 Å². The van der Waals surface area contributed by atoms with E-state index in [1.54, 1.807) is 0 Å². The smallest absolute Gasteiger partial charge is 0.247 e. The molecule has 0 radical (unpaired) electrons. The van der Waals surface area contributed by atoms with Crippen molar-refractivity contribution >= 4 is 15.9 Å². The summed E-state index contributed by atoms with van der Waals surface area (Å²) < 4.78 is 11.7. The van der Waals surface area contributed by atoms with E-state index in [1.807, 2.05) is 25.1 Å². The monoisotopic (exact) mass is 337 g/mol. The van der Waals surface area contributed by atoms with Crippen molar-refractivity contribution in [2.75, 3.05) is 13.2 Å². The molecule has 1 aliphatic rings. The molecule has 1 aliphatic heterocycles. The molecule has 3 rings (SSSR count). The number of benzene rings is 1. The molecule has 0 atom stereocenters. The number of nitrogens with zero attached hydrogens (tertiary/aromatic N) is 2. The molecular weight excluding hydrogens is 322 g/mol. The number of hydrogen-bond acceptors (Lipinski definition) is 5. The standard InChI is InChI=1S/C14H16BrN3O2/c1-9-2-3-10(8-11(9)15)12-17-13(20-18-12)14(16)4-6-19-7-5-14/h2-3,8H,4-7,16H2,1H3. The van der Waals surface area contributed by atoms with Crippen molar-refractivity contribution in [2.45, 2.75) is 25.3 Å². The lowest BCUT2D eigenvalue weighted by atomic mass is 9.91. The molecule has 106 valence electrons. The van der Waals surface area contributed by atoms with Crippen LogP contribution in [0.25, 0.3) is 11.4 Å². The fraction of sp³-hybridized carbons (Fsp3) is 0.429. The second-order valence-corrected chi connectivity index (χ2v) is 6.01. The van der Waals surface area contributed by atoms with Gasteiger partial charge in [0.15, 0.2) is 0 Å². The van der Waals surface area contributed by atoms with Gasteiger partial charge in [-0.1, -0.05) is 33.2 Å². The van der Waals surface area contributed by atoms with Gasteiger partial charge in [-0.3, -0.25) is 0 Å². The highest BCUT2D eigenvalue weighted by Crippen LogP contribution is 2.30. The third kappa shape index (κ3) is 2.51. The molecule has 2 N–H and O–H groups in total. The van der Waals surface area contributed by atoms with Gasteiger partial charge >= 0.3 is 0 Å². The Morgan fingerprint density at radius 2 is 2.05 bits per heavy atom. The number of rotatable bonds is 2. The largest absolute Gasteiger partial charge is 0.381 e. The topological polar surface area (TPSA) is 74.2 Å². The molecule has 2 aromatic rings. The lowest BCUT2D eigenvalue weighted by Gasteiger charge is -2.29. The van der Waals surface area contributed by atoms with Gasteiger partial charge in [0.1, 0.15) is 5.54 Å². The molecule has 1 fully saturated rings. The Labute approximate surface area is 125 Å². The van der Waals surface area contributed by atoms with Crippen molar-refractivity contribution in [1.82, 2.24) is 10.1 Å². The fourth-order valence-corrected chi connectivity index (χ4v) is 2.60. The van der Waals surface area contributed by atoms with E-state index >= 15 is 0 Å². The average molecular weight is 338 g/mol. The van der Waals surface area contributed by atoms with E-state index in [1.165, 1.54) is 0 Å². The Hall–Kier alpha value is -1.24. The summed E-state index contributed by atoms with van der Waals surface area (Å²) in [5.74, 6) is 1.06. The third-order valence-electron chi connectivity index (χ3n) is 3.67. The van der Waals surface area contributed by atoms with Gasteiger partial charge in [-0.15, -0.1) is 0 Å². The summed E-state index contributed by atoms with van der Waals surface area (Å²) in [6.07, 6.45) is 1.40. The van der Waals surface area contributed by atoms with E-state index in [0.29, 0.717) is 37.8 Å². The molecule has 0 aliphatic carbocycles. The van der Waals surface area contributed by atoms with Crippen molar-refractivity contribution in [2.24, 2.45) is 5.73 Å². The van der Waals surface area contributed by atoms with Crippen LogP contribution in [0.3, 0.4) is 0 Å². The van der Waals surface area contributed by atoms with Crippen molar-refractivity contribution in [3.63, 3.8) is 0 Å². The fourth-order valence-electron chi connectivity index (χ4n) is 2.22. The van der Waals surface area contributed by atoms with Gasteiger partial charge < -0.3 is 15.0 Å². The van der Waals surface area contributed by atoms with E-state index in [2.05, 4.69) is 26.1 Å². The molecule has 0 unspecified atom stereocenters. The highest BCUT2D eigenvalue weighted by atomic mass is 79.9. The maximum atomic E-state index is 6.34. The van der Waals surface area contributed by atoms with Crippen LogP contribution in [-0.2, 0) is 10.3 Å². The summed E-state index contributed by atoms with van der Waals surface area (Å²) in [6, 6.07) is 5.97. The minimum atomic E-state index is -0.564. The summed E-state index contributed by atoms with van der Waals surface area (Å²) in [7, 11) is 0. The number of halogens is 1. The Bertz CT molecular complexity index is 621. The molecule has 0 amide bonds. The SMILES string of the molecule is Cc1ccc(-c2noc(C3(N)CCOCC3)n2)cc1Br. The van der Waals surface area contributed by atoms with Crippen LogP contribution in [0.2, 0.25) is 0 Å². The van der Waals surface area contributed by atoms with Gasteiger partial charge in [-0.2, -0.15) is 4.98 Å². The maximum Gasteiger partial charge on any atom is 0.247 e. The Balaban J connectivity index is 1.91. The predicted octanol–water partition coefficient (Wildman–Crippen LogP) is 2.77. The van der Waals surface area contributed by atoms with Gasteiger partial charge in [0.05, 0.1) is 0 Å². The van der Waals surface area contributed by atoms with Crippen LogP contribution in [0.4, 0.5) is 0 Å².